The zero-order chi connectivity index (χ0) is 12.4. The number of benzene rings is 1. The topological polar surface area (TPSA) is 61.7 Å². The highest BCUT2D eigenvalue weighted by Gasteiger charge is 2.29. The van der Waals surface area contributed by atoms with Crippen LogP contribution in [0, 0.1) is 5.92 Å². The minimum absolute atomic E-state index is 0.0427. The standard InChI is InChI=1S/C12H13BrN2O2/c1-7(14-15-12(17)8-2-3-8)10-6-9(13)4-5-11(10)16/h4-6,8,16H,2-3H2,1H3,(H,15,17)/b14-7+. The molecule has 0 aliphatic heterocycles. The number of nitrogens with zero attached hydrogens (tertiary/aromatic N) is 1. The molecule has 0 atom stereocenters. The molecule has 0 unspecified atom stereocenters. The van der Waals surface area contributed by atoms with Crippen LogP contribution in [0.25, 0.3) is 0 Å². The fourth-order valence-corrected chi connectivity index (χ4v) is 1.80. The Morgan fingerprint density at radius 2 is 2.24 bits per heavy atom. The van der Waals surface area contributed by atoms with Gasteiger partial charge in [-0.25, -0.2) is 5.43 Å². The molecule has 2 rings (SSSR count). The van der Waals surface area contributed by atoms with E-state index in [1.807, 2.05) is 0 Å². The van der Waals surface area contributed by atoms with Crippen LogP contribution in [0.2, 0.25) is 0 Å². The number of amides is 1. The summed E-state index contributed by atoms with van der Waals surface area (Å²) in [6.07, 6.45) is 1.89. The third-order valence-corrected chi connectivity index (χ3v) is 3.12. The Morgan fingerprint density at radius 3 is 2.88 bits per heavy atom. The molecule has 0 spiro atoms. The highest BCUT2D eigenvalue weighted by Crippen LogP contribution is 2.28. The monoisotopic (exact) mass is 296 g/mol. The molecule has 2 N–H and O–H groups in total. The van der Waals surface area contributed by atoms with Gasteiger partial charge in [0.25, 0.3) is 0 Å². The average molecular weight is 297 g/mol. The van der Waals surface area contributed by atoms with Crippen LogP contribution in [-0.4, -0.2) is 16.7 Å². The van der Waals surface area contributed by atoms with Crippen molar-refractivity contribution >= 4 is 27.5 Å². The minimum Gasteiger partial charge on any atom is -0.507 e. The van der Waals surface area contributed by atoms with Gasteiger partial charge in [-0.05, 0) is 38.0 Å². The van der Waals surface area contributed by atoms with Gasteiger partial charge >= 0.3 is 0 Å². The fourth-order valence-electron chi connectivity index (χ4n) is 1.43. The first kappa shape index (κ1) is 12.1. The van der Waals surface area contributed by atoms with Crippen LogP contribution in [0.3, 0.4) is 0 Å². The largest absolute Gasteiger partial charge is 0.507 e. The second-order valence-corrected chi connectivity index (χ2v) is 5.02. The molecular weight excluding hydrogens is 284 g/mol. The molecule has 0 radical (unpaired) electrons. The van der Waals surface area contributed by atoms with Gasteiger partial charge in [0, 0.05) is 16.0 Å². The lowest BCUT2D eigenvalue weighted by atomic mass is 10.1. The second kappa shape index (κ2) is 4.87. The van der Waals surface area contributed by atoms with Gasteiger partial charge in [-0.2, -0.15) is 5.10 Å². The van der Waals surface area contributed by atoms with E-state index in [-0.39, 0.29) is 17.6 Å². The Balaban J connectivity index is 2.11. The van der Waals surface area contributed by atoms with Gasteiger partial charge in [-0.15, -0.1) is 0 Å². The van der Waals surface area contributed by atoms with Gasteiger partial charge < -0.3 is 5.11 Å². The molecule has 1 aromatic rings. The molecule has 0 heterocycles. The first-order valence-electron chi connectivity index (χ1n) is 5.41. The van der Waals surface area contributed by atoms with Crippen LogP contribution in [-0.2, 0) is 4.79 Å². The fraction of sp³-hybridized carbons (Fsp3) is 0.333. The van der Waals surface area contributed by atoms with E-state index in [9.17, 15) is 9.90 Å². The van der Waals surface area contributed by atoms with Crippen molar-refractivity contribution in [3.63, 3.8) is 0 Å². The van der Waals surface area contributed by atoms with Crippen LogP contribution in [0.5, 0.6) is 5.75 Å². The number of hydrazone groups is 1. The van der Waals surface area contributed by atoms with E-state index < -0.39 is 0 Å². The van der Waals surface area contributed by atoms with E-state index in [1.165, 1.54) is 0 Å². The van der Waals surface area contributed by atoms with Crippen LogP contribution >= 0.6 is 15.9 Å². The average Bonchev–Trinajstić information content (AvgIpc) is 3.12. The summed E-state index contributed by atoms with van der Waals surface area (Å²) in [6.45, 7) is 1.74. The Bertz CT molecular complexity index is 481. The molecule has 17 heavy (non-hydrogen) atoms. The van der Waals surface area contributed by atoms with Crippen molar-refractivity contribution in [3.05, 3.63) is 28.2 Å². The summed E-state index contributed by atoms with van der Waals surface area (Å²) in [4.78, 5) is 11.4. The zero-order valence-electron chi connectivity index (χ0n) is 9.40. The molecule has 1 amide bonds. The first-order valence-corrected chi connectivity index (χ1v) is 6.20. The Morgan fingerprint density at radius 1 is 1.53 bits per heavy atom. The zero-order valence-corrected chi connectivity index (χ0v) is 11.0. The van der Waals surface area contributed by atoms with Gasteiger partial charge in [0.1, 0.15) is 5.75 Å². The predicted octanol–water partition coefficient (Wildman–Crippen LogP) is 2.40. The maximum atomic E-state index is 11.4. The molecule has 1 saturated carbocycles. The van der Waals surface area contributed by atoms with Gasteiger partial charge in [0.15, 0.2) is 0 Å². The van der Waals surface area contributed by atoms with Gasteiger partial charge in [0.2, 0.25) is 5.91 Å². The number of phenols is 1. The SMILES string of the molecule is C/C(=N\NC(=O)C1CC1)c1cc(Br)ccc1O. The number of carbonyl (C=O) groups is 1. The van der Waals surface area contributed by atoms with E-state index in [0.29, 0.717) is 11.3 Å². The summed E-state index contributed by atoms with van der Waals surface area (Å²) in [5, 5.41) is 13.7. The lowest BCUT2D eigenvalue weighted by Gasteiger charge is -2.05. The minimum atomic E-state index is -0.0427. The van der Waals surface area contributed by atoms with Crippen LogP contribution < -0.4 is 5.43 Å². The van der Waals surface area contributed by atoms with Crippen molar-refractivity contribution in [3.8, 4) is 5.75 Å². The van der Waals surface area contributed by atoms with Crippen LogP contribution in [0.1, 0.15) is 25.3 Å². The summed E-state index contributed by atoms with van der Waals surface area (Å²) >= 11 is 3.32. The Hall–Kier alpha value is -1.36. The summed E-state index contributed by atoms with van der Waals surface area (Å²) in [6, 6.07) is 5.09. The molecule has 1 fully saturated rings. The number of hydrogen-bond donors (Lipinski definition) is 2. The summed E-state index contributed by atoms with van der Waals surface area (Å²) < 4.78 is 0.855. The van der Waals surface area contributed by atoms with Crippen LogP contribution in [0.4, 0.5) is 0 Å². The van der Waals surface area contributed by atoms with Crippen molar-refractivity contribution in [2.45, 2.75) is 19.8 Å². The van der Waals surface area contributed by atoms with Crippen molar-refractivity contribution < 1.29 is 9.90 Å². The highest BCUT2D eigenvalue weighted by atomic mass is 79.9. The molecule has 0 saturated heterocycles. The normalized spacial score (nSPS) is 15.8. The molecule has 90 valence electrons. The van der Waals surface area contributed by atoms with Gasteiger partial charge in [0.05, 0.1) is 5.71 Å². The first-order chi connectivity index (χ1) is 8.08. The lowest BCUT2D eigenvalue weighted by molar-refractivity contribution is -0.122. The number of hydrogen-bond acceptors (Lipinski definition) is 3. The maximum Gasteiger partial charge on any atom is 0.243 e. The number of carbonyl (C=O) groups excluding carboxylic acids is 1. The van der Waals surface area contributed by atoms with Gasteiger partial charge in [-0.3, -0.25) is 4.79 Å². The second-order valence-electron chi connectivity index (χ2n) is 4.11. The number of rotatable bonds is 3. The number of halogens is 1. The van der Waals surface area contributed by atoms with E-state index in [0.717, 1.165) is 17.3 Å². The van der Waals surface area contributed by atoms with E-state index in [1.54, 1.807) is 25.1 Å². The van der Waals surface area contributed by atoms with Crippen molar-refractivity contribution in [1.29, 1.82) is 0 Å². The molecule has 5 heteroatoms. The Labute approximate surface area is 108 Å². The quantitative estimate of drug-likeness (QED) is 0.665. The lowest BCUT2D eigenvalue weighted by Crippen LogP contribution is -2.20. The van der Waals surface area contributed by atoms with E-state index in [4.69, 9.17) is 0 Å². The predicted molar refractivity (Wildman–Crippen MR) is 68.9 cm³/mol. The number of nitrogens with one attached hydrogen (secondary N) is 1. The maximum absolute atomic E-state index is 11.4. The van der Waals surface area contributed by atoms with Crippen LogP contribution in [0.15, 0.2) is 27.8 Å². The van der Waals surface area contributed by atoms with E-state index in [2.05, 4.69) is 26.5 Å². The summed E-state index contributed by atoms with van der Waals surface area (Å²) in [7, 11) is 0. The Kier molecular flexibility index (Phi) is 3.47. The van der Waals surface area contributed by atoms with Crippen molar-refractivity contribution in [2.75, 3.05) is 0 Å². The van der Waals surface area contributed by atoms with E-state index >= 15 is 0 Å². The number of aromatic hydroxyl groups is 1. The molecule has 1 aromatic carbocycles. The molecule has 4 nitrogen and oxygen atoms in total. The highest BCUT2D eigenvalue weighted by molar-refractivity contribution is 9.10. The molecule has 1 aliphatic rings. The third kappa shape index (κ3) is 3.06. The number of phenolic OH excluding ortho intramolecular Hbond substituents is 1. The molecule has 1 aliphatic carbocycles. The molecule has 0 aromatic heterocycles. The summed E-state index contributed by atoms with van der Waals surface area (Å²) in [5.41, 5.74) is 3.70. The smallest absolute Gasteiger partial charge is 0.243 e. The van der Waals surface area contributed by atoms with Crippen molar-refractivity contribution in [1.82, 2.24) is 5.43 Å². The van der Waals surface area contributed by atoms with Crippen molar-refractivity contribution in [2.24, 2.45) is 11.0 Å². The third-order valence-electron chi connectivity index (χ3n) is 2.63. The van der Waals surface area contributed by atoms with Gasteiger partial charge in [-0.1, -0.05) is 15.9 Å². The summed E-state index contributed by atoms with van der Waals surface area (Å²) in [5.74, 6) is 0.233. The molecular formula is C12H13BrN2O2. The molecule has 0 bridgehead atoms.